The lowest BCUT2D eigenvalue weighted by molar-refractivity contribution is 0.0239. The fraction of sp³-hybridized carbons (Fsp3) is 0.450. The maximum atomic E-state index is 12.7. The van der Waals surface area contributed by atoms with Crippen molar-refractivity contribution >= 4 is 5.91 Å². The Balaban J connectivity index is 1.49. The SMILES string of the molecule is O=C(N[C@H](Cc1ccccc1)C1CC(O)C1)c1cnc(C2CC2)[nH]c1=O. The van der Waals surface area contributed by atoms with Crippen molar-refractivity contribution in [3.05, 3.63) is 63.8 Å². The van der Waals surface area contributed by atoms with E-state index in [9.17, 15) is 14.7 Å². The van der Waals surface area contributed by atoms with Crippen LogP contribution in [0.1, 0.15) is 53.3 Å². The van der Waals surface area contributed by atoms with Gasteiger partial charge in [0.2, 0.25) is 0 Å². The summed E-state index contributed by atoms with van der Waals surface area (Å²) in [6.07, 6.45) is 5.19. The van der Waals surface area contributed by atoms with Crippen LogP contribution < -0.4 is 10.9 Å². The van der Waals surface area contributed by atoms with E-state index in [1.165, 1.54) is 6.20 Å². The zero-order valence-electron chi connectivity index (χ0n) is 14.5. The zero-order valence-corrected chi connectivity index (χ0v) is 14.5. The summed E-state index contributed by atoms with van der Waals surface area (Å²) in [5.41, 5.74) is 0.786. The number of nitrogens with zero attached hydrogens (tertiary/aromatic N) is 1. The van der Waals surface area contributed by atoms with Gasteiger partial charge in [0.25, 0.3) is 11.5 Å². The highest BCUT2D eigenvalue weighted by Gasteiger charge is 2.35. The number of hydrogen-bond donors (Lipinski definition) is 3. The van der Waals surface area contributed by atoms with Crippen LogP contribution in [0.25, 0.3) is 0 Å². The second-order valence-electron chi connectivity index (χ2n) is 7.44. The summed E-state index contributed by atoms with van der Waals surface area (Å²) < 4.78 is 0. The van der Waals surface area contributed by atoms with E-state index in [2.05, 4.69) is 15.3 Å². The summed E-state index contributed by atoms with van der Waals surface area (Å²) in [6.45, 7) is 0. The van der Waals surface area contributed by atoms with Crippen LogP contribution >= 0.6 is 0 Å². The third-order valence-corrected chi connectivity index (χ3v) is 5.36. The molecule has 0 aliphatic heterocycles. The Hall–Kier alpha value is -2.47. The molecule has 1 aromatic heterocycles. The molecule has 1 aromatic carbocycles. The van der Waals surface area contributed by atoms with E-state index in [1.807, 2.05) is 30.3 Å². The van der Waals surface area contributed by atoms with Crippen LogP contribution in [0.3, 0.4) is 0 Å². The summed E-state index contributed by atoms with van der Waals surface area (Å²) in [6, 6.07) is 9.82. The van der Waals surface area contributed by atoms with Crippen molar-refractivity contribution in [2.45, 2.75) is 50.2 Å². The van der Waals surface area contributed by atoms with Gasteiger partial charge in [0.05, 0.1) is 6.10 Å². The standard InChI is InChI=1S/C20H23N3O3/c24-15-9-14(10-15)17(8-12-4-2-1-3-5-12)22-19(25)16-11-21-18(13-6-7-13)23-20(16)26/h1-5,11,13-15,17,24H,6-10H2,(H,22,25)(H,21,23,26)/t14?,15?,17-/m1/s1. The number of amides is 1. The van der Waals surface area contributed by atoms with Gasteiger partial charge in [0.1, 0.15) is 11.4 Å². The minimum Gasteiger partial charge on any atom is -0.393 e. The molecule has 6 heteroatoms. The first-order valence-electron chi connectivity index (χ1n) is 9.22. The molecule has 0 unspecified atom stereocenters. The number of aromatic amines is 1. The van der Waals surface area contributed by atoms with Crippen molar-refractivity contribution in [1.82, 2.24) is 15.3 Å². The van der Waals surface area contributed by atoms with Gasteiger partial charge in [-0.3, -0.25) is 9.59 Å². The Kier molecular flexibility index (Phi) is 4.59. The van der Waals surface area contributed by atoms with Gasteiger partial charge < -0.3 is 15.4 Å². The summed E-state index contributed by atoms with van der Waals surface area (Å²) in [5, 5.41) is 12.6. The van der Waals surface area contributed by atoms with Crippen molar-refractivity contribution in [2.24, 2.45) is 5.92 Å². The molecule has 2 aliphatic rings. The first-order chi connectivity index (χ1) is 12.6. The fourth-order valence-electron chi connectivity index (χ4n) is 3.54. The smallest absolute Gasteiger partial charge is 0.263 e. The molecular weight excluding hydrogens is 330 g/mol. The van der Waals surface area contributed by atoms with Crippen LogP contribution in [0.5, 0.6) is 0 Å². The van der Waals surface area contributed by atoms with Crippen molar-refractivity contribution in [1.29, 1.82) is 0 Å². The van der Waals surface area contributed by atoms with Crippen LogP contribution in [-0.4, -0.2) is 33.1 Å². The molecule has 1 amide bonds. The van der Waals surface area contributed by atoms with Gasteiger partial charge in [-0.15, -0.1) is 0 Å². The molecule has 136 valence electrons. The predicted molar refractivity (Wildman–Crippen MR) is 97.0 cm³/mol. The molecule has 3 N–H and O–H groups in total. The summed E-state index contributed by atoms with van der Waals surface area (Å²) in [4.78, 5) is 31.9. The number of nitrogens with one attached hydrogen (secondary N) is 2. The molecule has 4 rings (SSSR count). The lowest BCUT2D eigenvalue weighted by atomic mass is 9.75. The van der Waals surface area contributed by atoms with Gasteiger partial charge in [-0.25, -0.2) is 4.98 Å². The summed E-state index contributed by atoms with van der Waals surface area (Å²) in [7, 11) is 0. The fourth-order valence-corrected chi connectivity index (χ4v) is 3.54. The maximum Gasteiger partial charge on any atom is 0.263 e. The minimum absolute atomic E-state index is 0.0485. The van der Waals surface area contributed by atoms with Crippen LogP contribution in [-0.2, 0) is 6.42 Å². The first-order valence-corrected chi connectivity index (χ1v) is 9.22. The van der Waals surface area contributed by atoms with E-state index >= 15 is 0 Å². The number of aliphatic hydroxyl groups is 1. The highest BCUT2D eigenvalue weighted by atomic mass is 16.3. The highest BCUT2D eigenvalue weighted by molar-refractivity contribution is 5.93. The van der Waals surface area contributed by atoms with Gasteiger partial charge in [-0.2, -0.15) is 0 Å². The molecule has 2 saturated carbocycles. The molecule has 2 fully saturated rings. The van der Waals surface area contributed by atoms with Crippen molar-refractivity contribution in [2.75, 3.05) is 0 Å². The van der Waals surface area contributed by atoms with E-state index in [-0.39, 0.29) is 29.2 Å². The number of benzene rings is 1. The van der Waals surface area contributed by atoms with Crippen molar-refractivity contribution in [3.63, 3.8) is 0 Å². The second-order valence-corrected chi connectivity index (χ2v) is 7.44. The number of hydrogen-bond acceptors (Lipinski definition) is 4. The molecule has 1 heterocycles. The number of aromatic nitrogens is 2. The molecular formula is C20H23N3O3. The van der Waals surface area contributed by atoms with Crippen LogP contribution in [0.15, 0.2) is 41.3 Å². The monoisotopic (exact) mass is 353 g/mol. The van der Waals surface area contributed by atoms with Crippen LogP contribution in [0, 0.1) is 5.92 Å². The van der Waals surface area contributed by atoms with Gasteiger partial charge in [0, 0.05) is 18.2 Å². The van der Waals surface area contributed by atoms with Crippen molar-refractivity contribution in [3.8, 4) is 0 Å². The predicted octanol–water partition coefficient (Wildman–Crippen LogP) is 1.76. The lowest BCUT2D eigenvalue weighted by Crippen LogP contribution is -2.49. The average molecular weight is 353 g/mol. The van der Waals surface area contributed by atoms with E-state index < -0.39 is 5.91 Å². The van der Waals surface area contributed by atoms with E-state index in [4.69, 9.17) is 0 Å². The van der Waals surface area contributed by atoms with Crippen molar-refractivity contribution < 1.29 is 9.90 Å². The first kappa shape index (κ1) is 17.0. The number of carbonyl (C=O) groups excluding carboxylic acids is 1. The second kappa shape index (κ2) is 7.03. The molecule has 0 radical (unpaired) electrons. The Morgan fingerprint density at radius 2 is 2.00 bits per heavy atom. The van der Waals surface area contributed by atoms with Gasteiger partial charge >= 0.3 is 0 Å². The lowest BCUT2D eigenvalue weighted by Gasteiger charge is -2.38. The molecule has 2 aliphatic carbocycles. The van der Waals surface area contributed by atoms with Crippen LogP contribution in [0.4, 0.5) is 0 Å². The molecule has 0 saturated heterocycles. The van der Waals surface area contributed by atoms with E-state index in [0.29, 0.717) is 31.0 Å². The number of rotatable bonds is 6. The normalized spacial score (nSPS) is 23.1. The Morgan fingerprint density at radius 3 is 2.62 bits per heavy atom. The van der Waals surface area contributed by atoms with Gasteiger partial charge in [-0.05, 0) is 43.6 Å². The quantitative estimate of drug-likeness (QED) is 0.737. The molecule has 2 aromatic rings. The largest absolute Gasteiger partial charge is 0.393 e. The molecule has 6 nitrogen and oxygen atoms in total. The van der Waals surface area contributed by atoms with E-state index in [0.717, 1.165) is 18.4 Å². The summed E-state index contributed by atoms with van der Waals surface area (Å²) in [5.74, 6) is 0.826. The van der Waals surface area contributed by atoms with Gasteiger partial charge in [-0.1, -0.05) is 30.3 Å². The highest BCUT2D eigenvalue weighted by Crippen LogP contribution is 2.37. The Morgan fingerprint density at radius 1 is 1.27 bits per heavy atom. The third-order valence-electron chi connectivity index (χ3n) is 5.36. The zero-order chi connectivity index (χ0) is 18.1. The number of H-pyrrole nitrogens is 1. The average Bonchev–Trinajstić information content (AvgIpc) is 3.44. The molecule has 1 atom stereocenters. The van der Waals surface area contributed by atoms with Crippen LogP contribution in [0.2, 0.25) is 0 Å². The Labute approximate surface area is 151 Å². The van der Waals surface area contributed by atoms with Gasteiger partial charge in [0.15, 0.2) is 0 Å². The third kappa shape index (κ3) is 3.70. The maximum absolute atomic E-state index is 12.7. The number of carbonyl (C=O) groups is 1. The molecule has 0 spiro atoms. The Bertz CT molecular complexity index is 839. The van der Waals surface area contributed by atoms with E-state index in [1.54, 1.807) is 0 Å². The summed E-state index contributed by atoms with van der Waals surface area (Å²) >= 11 is 0. The minimum atomic E-state index is -0.400. The molecule has 26 heavy (non-hydrogen) atoms. The topological polar surface area (TPSA) is 95.1 Å². The number of aliphatic hydroxyl groups excluding tert-OH is 1. The molecule has 0 bridgehead atoms.